The maximum atomic E-state index is 13.8. The van der Waals surface area contributed by atoms with Crippen LogP contribution >= 0.6 is 0 Å². The maximum Gasteiger partial charge on any atom is 0.416 e. The van der Waals surface area contributed by atoms with Gasteiger partial charge in [-0.05, 0) is 95.1 Å². The number of hydrogen-bond acceptors (Lipinski definition) is 2. The van der Waals surface area contributed by atoms with E-state index in [4.69, 9.17) is 0 Å². The molecule has 2 aromatic heterocycles. The van der Waals surface area contributed by atoms with Crippen LogP contribution in [0.5, 0.6) is 0 Å². The highest BCUT2D eigenvalue weighted by atomic mass is 19.4. The molecule has 3 nitrogen and oxygen atoms in total. The van der Waals surface area contributed by atoms with Gasteiger partial charge in [-0.15, -0.1) is 0 Å². The van der Waals surface area contributed by atoms with E-state index in [-0.39, 0.29) is 34.0 Å². The molecule has 270 valence electrons. The first-order valence-corrected chi connectivity index (χ1v) is 15.3. The molecule has 5 aromatic carbocycles. The molecule has 0 N–H and O–H groups in total. The molecule has 0 aliphatic carbocycles. The first kappa shape index (κ1) is 35.5. The Labute approximate surface area is 290 Å². The minimum absolute atomic E-state index is 0.00462. The van der Waals surface area contributed by atoms with Gasteiger partial charge in [-0.25, -0.2) is 0 Å². The van der Waals surface area contributed by atoms with Crippen molar-refractivity contribution in [2.75, 3.05) is 0 Å². The number of fused-ring (bicyclic) bond motifs is 3. The highest BCUT2D eigenvalue weighted by Crippen LogP contribution is 2.44. The third-order valence-corrected chi connectivity index (χ3v) is 8.65. The van der Waals surface area contributed by atoms with Crippen LogP contribution < -0.4 is 0 Å². The highest BCUT2D eigenvalue weighted by Gasteiger charge is 2.38. The Morgan fingerprint density at radius 3 is 1.23 bits per heavy atom. The van der Waals surface area contributed by atoms with Crippen LogP contribution in [0.1, 0.15) is 22.3 Å². The molecule has 0 amide bonds. The number of rotatable bonds is 4. The Balaban J connectivity index is 1.54. The Morgan fingerprint density at radius 2 is 0.830 bits per heavy atom. The molecule has 0 radical (unpaired) electrons. The van der Waals surface area contributed by atoms with Crippen LogP contribution in [0, 0.1) is 0 Å². The number of alkyl halides is 12. The van der Waals surface area contributed by atoms with Gasteiger partial charge in [-0.3, -0.25) is 0 Å². The molecule has 7 rings (SSSR count). The first-order chi connectivity index (χ1) is 24.8. The Morgan fingerprint density at radius 1 is 0.396 bits per heavy atom. The van der Waals surface area contributed by atoms with Crippen molar-refractivity contribution in [1.82, 2.24) is 14.8 Å². The fourth-order valence-electron chi connectivity index (χ4n) is 6.25. The van der Waals surface area contributed by atoms with Gasteiger partial charge < -0.3 is 4.57 Å². The van der Waals surface area contributed by atoms with Gasteiger partial charge in [0.05, 0.1) is 51.4 Å². The van der Waals surface area contributed by atoms with Crippen LogP contribution in [0.4, 0.5) is 52.7 Å². The second-order valence-corrected chi connectivity index (χ2v) is 12.0. The van der Waals surface area contributed by atoms with Gasteiger partial charge in [0, 0.05) is 21.9 Å². The number of benzene rings is 5. The second kappa shape index (κ2) is 12.4. The highest BCUT2D eigenvalue weighted by molar-refractivity contribution is 6.12. The molecular weight excluding hydrogens is 726 g/mol. The molecule has 2 heterocycles. The summed E-state index contributed by atoms with van der Waals surface area (Å²) >= 11 is 0. The molecule has 53 heavy (non-hydrogen) atoms. The molecule has 0 aliphatic rings. The lowest BCUT2D eigenvalue weighted by Gasteiger charge is -2.15. The summed E-state index contributed by atoms with van der Waals surface area (Å²) in [7, 11) is 0. The second-order valence-electron chi connectivity index (χ2n) is 12.0. The summed E-state index contributed by atoms with van der Waals surface area (Å²) in [5.41, 5.74) is -4.66. The zero-order valence-electron chi connectivity index (χ0n) is 26.3. The molecule has 0 saturated carbocycles. The van der Waals surface area contributed by atoms with Crippen LogP contribution in [0.15, 0.2) is 116 Å². The molecule has 7 aromatic rings. The van der Waals surface area contributed by atoms with Gasteiger partial charge in [0.1, 0.15) is 0 Å². The largest absolute Gasteiger partial charge is 0.416 e. The Bertz CT molecular complexity index is 2310. The van der Waals surface area contributed by atoms with E-state index < -0.39 is 58.1 Å². The average Bonchev–Trinajstić information content (AvgIpc) is 3.43. The van der Waals surface area contributed by atoms with Crippen molar-refractivity contribution in [3.05, 3.63) is 138 Å². The lowest BCUT2D eigenvalue weighted by molar-refractivity contribution is -0.144. The summed E-state index contributed by atoms with van der Waals surface area (Å²) in [6.07, 6.45) is -17.6. The van der Waals surface area contributed by atoms with E-state index in [0.29, 0.717) is 52.1 Å². The normalized spacial score (nSPS) is 12.9. The van der Waals surface area contributed by atoms with E-state index in [0.717, 1.165) is 0 Å². The Kier molecular flexibility index (Phi) is 8.30. The number of aromatic nitrogens is 3. The van der Waals surface area contributed by atoms with Crippen LogP contribution in [-0.2, 0) is 24.7 Å². The van der Waals surface area contributed by atoms with Gasteiger partial charge in [0.25, 0.3) is 0 Å². The van der Waals surface area contributed by atoms with Gasteiger partial charge >= 0.3 is 24.7 Å². The monoisotopic (exact) mass is 745 g/mol. The SMILES string of the molecule is FC(F)(F)c1cc(-c2ccc3c(c2)c2cc(-c4cc(C(F)(F)F)cc(C(F)(F)F)c4)ccc2n3-c2ccccc2-c2ccnnc2)cc(C(F)(F)F)c1. The minimum atomic E-state index is -5.13. The maximum absolute atomic E-state index is 13.8. The summed E-state index contributed by atoms with van der Waals surface area (Å²) in [5, 5.41) is 8.17. The van der Waals surface area contributed by atoms with Crippen LogP contribution in [0.2, 0.25) is 0 Å². The predicted octanol–water partition coefficient (Wildman–Crippen LogP) is 12.6. The quantitative estimate of drug-likeness (QED) is 0.168. The van der Waals surface area contributed by atoms with E-state index in [9.17, 15) is 52.7 Å². The van der Waals surface area contributed by atoms with Crippen molar-refractivity contribution in [1.29, 1.82) is 0 Å². The van der Waals surface area contributed by atoms with Gasteiger partial charge in [0.15, 0.2) is 0 Å². The van der Waals surface area contributed by atoms with Crippen molar-refractivity contribution >= 4 is 21.8 Å². The zero-order chi connectivity index (χ0) is 38.1. The van der Waals surface area contributed by atoms with Crippen molar-refractivity contribution < 1.29 is 52.7 Å². The number of hydrogen-bond donors (Lipinski definition) is 0. The molecular formula is C38H19F12N3. The van der Waals surface area contributed by atoms with Crippen molar-refractivity contribution in [3.63, 3.8) is 0 Å². The molecule has 0 saturated heterocycles. The van der Waals surface area contributed by atoms with Crippen molar-refractivity contribution in [3.8, 4) is 39.1 Å². The van der Waals surface area contributed by atoms with Crippen LogP contribution in [0.25, 0.3) is 60.9 Å². The fourth-order valence-corrected chi connectivity index (χ4v) is 6.25. The van der Waals surface area contributed by atoms with Gasteiger partial charge in [0.2, 0.25) is 0 Å². The van der Waals surface area contributed by atoms with Crippen LogP contribution in [0.3, 0.4) is 0 Å². The summed E-state index contributed by atoms with van der Waals surface area (Å²) in [6, 6.07) is 19.1. The minimum Gasteiger partial charge on any atom is -0.309 e. The predicted molar refractivity (Wildman–Crippen MR) is 173 cm³/mol. The molecule has 0 bridgehead atoms. The molecule has 0 spiro atoms. The van der Waals surface area contributed by atoms with Gasteiger partial charge in [-0.1, -0.05) is 30.3 Å². The standard InChI is InChI=1S/C38H19F12N3/c39-35(40,41)25-11-23(12-26(17-25)36(42,43)44)20-5-7-33-30(15-20)31-16-21(24-13-27(37(45,46)47)18-28(14-24)38(48,49)50)6-8-34(31)53(33)32-4-2-1-3-29(32)22-9-10-51-52-19-22/h1-19H. The van der Waals surface area contributed by atoms with E-state index in [2.05, 4.69) is 10.2 Å². The lowest BCUT2D eigenvalue weighted by atomic mass is 9.96. The lowest BCUT2D eigenvalue weighted by Crippen LogP contribution is -2.11. The van der Waals surface area contributed by atoms with Crippen LogP contribution in [-0.4, -0.2) is 14.8 Å². The molecule has 0 fully saturated rings. The fraction of sp³-hybridized carbons (Fsp3) is 0.105. The van der Waals surface area contributed by atoms with Gasteiger partial charge in [-0.2, -0.15) is 62.9 Å². The smallest absolute Gasteiger partial charge is 0.309 e. The first-order valence-electron chi connectivity index (χ1n) is 15.3. The number of para-hydroxylation sites is 1. The molecule has 15 heteroatoms. The topological polar surface area (TPSA) is 30.7 Å². The summed E-state index contributed by atoms with van der Waals surface area (Å²) in [6.45, 7) is 0. The van der Waals surface area contributed by atoms with Crippen molar-refractivity contribution in [2.45, 2.75) is 24.7 Å². The molecule has 0 unspecified atom stereocenters. The number of nitrogens with zero attached hydrogens (tertiary/aromatic N) is 3. The van der Waals surface area contributed by atoms with E-state index in [1.54, 1.807) is 34.9 Å². The average molecular weight is 746 g/mol. The van der Waals surface area contributed by atoms with E-state index in [1.807, 2.05) is 0 Å². The summed E-state index contributed by atoms with van der Waals surface area (Å²) in [4.78, 5) is 0. The molecule has 0 atom stereocenters. The van der Waals surface area contributed by atoms with Crippen molar-refractivity contribution in [2.24, 2.45) is 0 Å². The third kappa shape index (κ3) is 6.78. The number of halogens is 12. The molecule has 0 aliphatic heterocycles. The summed E-state index contributed by atoms with van der Waals surface area (Å²) in [5.74, 6) is 0. The van der Waals surface area contributed by atoms with E-state index >= 15 is 0 Å². The van der Waals surface area contributed by atoms with E-state index in [1.165, 1.54) is 48.8 Å². The zero-order valence-corrected chi connectivity index (χ0v) is 26.3. The Hall–Kier alpha value is -5.86. The summed E-state index contributed by atoms with van der Waals surface area (Å²) < 4.78 is 167. The third-order valence-electron chi connectivity index (χ3n) is 8.65.